The van der Waals surface area contributed by atoms with Crippen molar-refractivity contribution in [1.82, 2.24) is 15.1 Å². The van der Waals surface area contributed by atoms with Crippen molar-refractivity contribution in [3.63, 3.8) is 0 Å². The zero-order valence-electron chi connectivity index (χ0n) is 10.7. The van der Waals surface area contributed by atoms with Gasteiger partial charge in [0.1, 0.15) is 12.2 Å². The minimum absolute atomic E-state index is 0.141. The Bertz CT molecular complexity index is 353. The first-order chi connectivity index (χ1) is 8.28. The lowest BCUT2D eigenvalue weighted by Gasteiger charge is -2.43. The molecule has 96 valence electrons. The molecule has 17 heavy (non-hydrogen) atoms. The Morgan fingerprint density at radius 1 is 1.53 bits per heavy atom. The lowest BCUT2D eigenvalue weighted by atomic mass is 9.85. The van der Waals surface area contributed by atoms with Gasteiger partial charge in [0.05, 0.1) is 12.4 Å². The number of aryl methyl sites for hydroxylation is 1. The van der Waals surface area contributed by atoms with Gasteiger partial charge in [-0.05, 0) is 20.9 Å². The van der Waals surface area contributed by atoms with Crippen LogP contribution in [0.1, 0.15) is 20.3 Å². The summed E-state index contributed by atoms with van der Waals surface area (Å²) < 4.78 is 13.4. The molecule has 0 amide bonds. The Hall–Kier alpha value is -1.07. The van der Waals surface area contributed by atoms with Crippen LogP contribution >= 0.6 is 0 Å². The van der Waals surface area contributed by atoms with E-state index in [1.54, 1.807) is 6.20 Å². The molecular formula is C12H21N3O2. The predicted molar refractivity (Wildman–Crippen MR) is 65.2 cm³/mol. The molecule has 1 aliphatic carbocycles. The van der Waals surface area contributed by atoms with Crippen LogP contribution in [0.3, 0.4) is 0 Å². The normalized spacial score (nSPS) is 27.8. The maximum absolute atomic E-state index is 5.88. The molecule has 1 saturated carbocycles. The fourth-order valence-electron chi connectivity index (χ4n) is 2.15. The third-order valence-electron chi connectivity index (χ3n) is 3.20. The summed E-state index contributed by atoms with van der Waals surface area (Å²) in [6.45, 7) is 5.65. The standard InChI is InChI=1S/C12H21N3O2/c1-4-15-8-9(7-14-15)17-11-6-10(13-3)12(11)16-5-2/h7-8,10-13H,4-6H2,1-3H3. The van der Waals surface area contributed by atoms with Crippen molar-refractivity contribution >= 4 is 0 Å². The Kier molecular flexibility index (Phi) is 4.02. The van der Waals surface area contributed by atoms with Crippen LogP contribution in [0.15, 0.2) is 12.4 Å². The van der Waals surface area contributed by atoms with Gasteiger partial charge in [0, 0.05) is 25.6 Å². The molecule has 0 radical (unpaired) electrons. The van der Waals surface area contributed by atoms with E-state index in [1.807, 2.05) is 24.9 Å². The average molecular weight is 239 g/mol. The van der Waals surface area contributed by atoms with Gasteiger partial charge in [-0.2, -0.15) is 5.10 Å². The van der Waals surface area contributed by atoms with E-state index in [2.05, 4.69) is 17.3 Å². The van der Waals surface area contributed by atoms with Crippen LogP contribution in [-0.4, -0.2) is 41.7 Å². The summed E-state index contributed by atoms with van der Waals surface area (Å²) in [4.78, 5) is 0. The van der Waals surface area contributed by atoms with E-state index in [9.17, 15) is 0 Å². The van der Waals surface area contributed by atoms with Gasteiger partial charge in [-0.15, -0.1) is 0 Å². The molecule has 0 saturated heterocycles. The molecular weight excluding hydrogens is 218 g/mol. The lowest BCUT2D eigenvalue weighted by molar-refractivity contribution is -0.103. The maximum atomic E-state index is 5.88. The van der Waals surface area contributed by atoms with E-state index >= 15 is 0 Å². The second kappa shape index (κ2) is 5.51. The minimum atomic E-state index is 0.141. The van der Waals surface area contributed by atoms with Crippen molar-refractivity contribution in [2.45, 2.75) is 45.1 Å². The van der Waals surface area contributed by atoms with E-state index in [-0.39, 0.29) is 12.2 Å². The first-order valence-electron chi connectivity index (χ1n) is 6.26. The molecule has 0 spiro atoms. The SMILES string of the molecule is CCOC1C(NC)CC1Oc1cnn(CC)c1. The maximum Gasteiger partial charge on any atom is 0.157 e. The second-order valence-electron chi connectivity index (χ2n) is 4.24. The second-order valence-corrected chi connectivity index (χ2v) is 4.24. The van der Waals surface area contributed by atoms with Crippen LogP contribution in [0.25, 0.3) is 0 Å². The number of rotatable bonds is 6. The first kappa shape index (κ1) is 12.4. The summed E-state index contributed by atoms with van der Waals surface area (Å²) in [5.41, 5.74) is 0. The molecule has 3 unspecified atom stereocenters. The topological polar surface area (TPSA) is 48.3 Å². The van der Waals surface area contributed by atoms with E-state index in [1.165, 1.54) is 0 Å². The number of hydrogen-bond donors (Lipinski definition) is 1. The fraction of sp³-hybridized carbons (Fsp3) is 0.750. The Balaban J connectivity index is 1.90. The van der Waals surface area contributed by atoms with Crippen LogP contribution in [0.4, 0.5) is 0 Å². The van der Waals surface area contributed by atoms with Crippen molar-refractivity contribution in [2.75, 3.05) is 13.7 Å². The van der Waals surface area contributed by atoms with Gasteiger partial charge in [0.25, 0.3) is 0 Å². The summed E-state index contributed by atoms with van der Waals surface area (Å²) in [6, 6.07) is 0.404. The monoisotopic (exact) mass is 239 g/mol. The largest absolute Gasteiger partial charge is 0.484 e. The highest BCUT2D eigenvalue weighted by molar-refractivity contribution is 5.14. The number of aromatic nitrogens is 2. The van der Waals surface area contributed by atoms with Gasteiger partial charge in [-0.1, -0.05) is 0 Å². The highest BCUT2D eigenvalue weighted by Crippen LogP contribution is 2.28. The van der Waals surface area contributed by atoms with Crippen LogP contribution in [-0.2, 0) is 11.3 Å². The van der Waals surface area contributed by atoms with Crippen molar-refractivity contribution in [2.24, 2.45) is 0 Å². The van der Waals surface area contributed by atoms with Gasteiger partial charge >= 0.3 is 0 Å². The van der Waals surface area contributed by atoms with E-state index in [0.29, 0.717) is 6.04 Å². The highest BCUT2D eigenvalue weighted by atomic mass is 16.5. The number of nitrogens with one attached hydrogen (secondary N) is 1. The van der Waals surface area contributed by atoms with E-state index < -0.39 is 0 Å². The van der Waals surface area contributed by atoms with Crippen LogP contribution in [0.5, 0.6) is 5.75 Å². The third kappa shape index (κ3) is 2.61. The fourth-order valence-corrected chi connectivity index (χ4v) is 2.15. The first-order valence-corrected chi connectivity index (χ1v) is 6.26. The molecule has 0 aliphatic heterocycles. The quantitative estimate of drug-likeness (QED) is 0.806. The molecule has 3 atom stereocenters. The predicted octanol–water partition coefficient (Wildman–Crippen LogP) is 1.05. The molecule has 0 bridgehead atoms. The van der Waals surface area contributed by atoms with Crippen LogP contribution in [0.2, 0.25) is 0 Å². The summed E-state index contributed by atoms with van der Waals surface area (Å²) in [6.07, 6.45) is 4.96. The Labute approximate surface area is 102 Å². The molecule has 1 fully saturated rings. The molecule has 2 rings (SSSR count). The summed E-state index contributed by atoms with van der Waals surface area (Å²) in [5, 5.41) is 7.43. The molecule has 5 nitrogen and oxygen atoms in total. The highest BCUT2D eigenvalue weighted by Gasteiger charge is 2.42. The van der Waals surface area contributed by atoms with E-state index in [0.717, 1.165) is 25.3 Å². The zero-order chi connectivity index (χ0) is 12.3. The number of hydrogen-bond acceptors (Lipinski definition) is 4. The third-order valence-corrected chi connectivity index (χ3v) is 3.20. The average Bonchev–Trinajstić information content (AvgIpc) is 2.78. The van der Waals surface area contributed by atoms with Gasteiger partial charge in [-0.25, -0.2) is 0 Å². The summed E-state index contributed by atoms with van der Waals surface area (Å²) in [7, 11) is 1.96. The van der Waals surface area contributed by atoms with Crippen molar-refractivity contribution < 1.29 is 9.47 Å². The van der Waals surface area contributed by atoms with Crippen LogP contribution < -0.4 is 10.1 Å². The molecule has 1 aromatic rings. The lowest BCUT2D eigenvalue weighted by Crippen LogP contribution is -2.60. The Morgan fingerprint density at radius 2 is 2.35 bits per heavy atom. The van der Waals surface area contributed by atoms with Crippen molar-refractivity contribution in [1.29, 1.82) is 0 Å². The van der Waals surface area contributed by atoms with Gasteiger partial charge < -0.3 is 14.8 Å². The smallest absolute Gasteiger partial charge is 0.157 e. The zero-order valence-corrected chi connectivity index (χ0v) is 10.7. The number of ether oxygens (including phenoxy) is 2. The van der Waals surface area contributed by atoms with Gasteiger partial charge in [0.15, 0.2) is 5.75 Å². The molecule has 0 aromatic carbocycles. The molecule has 1 aliphatic rings. The number of nitrogens with zero attached hydrogens (tertiary/aromatic N) is 2. The molecule has 1 N–H and O–H groups in total. The summed E-state index contributed by atoms with van der Waals surface area (Å²) in [5.74, 6) is 0.830. The summed E-state index contributed by atoms with van der Waals surface area (Å²) >= 11 is 0. The number of likely N-dealkylation sites (N-methyl/N-ethyl adjacent to an activating group) is 1. The minimum Gasteiger partial charge on any atom is -0.484 e. The molecule has 5 heteroatoms. The van der Waals surface area contributed by atoms with Gasteiger partial charge in [0.2, 0.25) is 0 Å². The van der Waals surface area contributed by atoms with Gasteiger partial charge in [-0.3, -0.25) is 4.68 Å². The molecule has 1 heterocycles. The van der Waals surface area contributed by atoms with Crippen molar-refractivity contribution in [3.8, 4) is 5.75 Å². The molecule has 1 aromatic heterocycles. The van der Waals surface area contributed by atoms with Crippen molar-refractivity contribution in [3.05, 3.63) is 12.4 Å². The Morgan fingerprint density at radius 3 is 2.94 bits per heavy atom. The van der Waals surface area contributed by atoms with E-state index in [4.69, 9.17) is 9.47 Å². The van der Waals surface area contributed by atoms with Crippen LogP contribution in [0, 0.1) is 0 Å².